The minimum absolute atomic E-state index is 0.231. The van der Waals surface area contributed by atoms with E-state index < -0.39 is 11.9 Å². The first-order valence-electron chi connectivity index (χ1n) is 9.68. The monoisotopic (exact) mass is 420 g/mol. The van der Waals surface area contributed by atoms with E-state index in [1.54, 1.807) is 37.3 Å². The zero-order chi connectivity index (χ0) is 23.1. The Balaban J connectivity index is 0.00000166. The molecule has 0 bridgehead atoms. The lowest BCUT2D eigenvalue weighted by atomic mass is 10.1. The van der Waals surface area contributed by atoms with Gasteiger partial charge in [0, 0.05) is 22.8 Å². The highest BCUT2D eigenvalue weighted by molar-refractivity contribution is 5.90. The molecule has 160 valence electrons. The van der Waals surface area contributed by atoms with Crippen LogP contribution in [-0.4, -0.2) is 11.9 Å². The van der Waals surface area contributed by atoms with Crippen molar-refractivity contribution in [3.05, 3.63) is 83.1 Å². The van der Waals surface area contributed by atoms with Gasteiger partial charge in [0.1, 0.15) is 22.8 Å². The number of fused-ring (bicyclic) bond motifs is 1. The van der Waals surface area contributed by atoms with E-state index in [1.807, 2.05) is 13.8 Å². The molecule has 31 heavy (non-hydrogen) atoms. The summed E-state index contributed by atoms with van der Waals surface area (Å²) >= 11 is 0. The fourth-order valence-corrected chi connectivity index (χ4v) is 2.42. The summed E-state index contributed by atoms with van der Waals surface area (Å²) in [7, 11) is 0. The topological polar surface area (TPSA) is 82.8 Å². The molecule has 1 heterocycles. The van der Waals surface area contributed by atoms with Gasteiger partial charge in [0.25, 0.3) is 0 Å². The lowest BCUT2D eigenvalue weighted by Gasteiger charge is -2.07. The van der Waals surface area contributed by atoms with Crippen molar-refractivity contribution in [2.45, 2.75) is 27.7 Å². The van der Waals surface area contributed by atoms with Gasteiger partial charge in [-0.2, -0.15) is 0 Å². The summed E-state index contributed by atoms with van der Waals surface area (Å²) in [6.45, 7) is 14.1. The van der Waals surface area contributed by atoms with Crippen LogP contribution in [0.5, 0.6) is 11.5 Å². The Labute approximate surface area is 180 Å². The van der Waals surface area contributed by atoms with E-state index in [2.05, 4.69) is 13.2 Å². The lowest BCUT2D eigenvalue weighted by Crippen LogP contribution is -2.09. The third-order valence-electron chi connectivity index (χ3n) is 3.96. The SMILES string of the molecule is C=C(C)C(=O)Oc1ccc(-c2cc(=O)c3cc(OC(=O)C(=C)C)ccc3o2)cc1.CC. The molecule has 0 saturated heterocycles. The maximum Gasteiger partial charge on any atom is 0.338 e. The van der Waals surface area contributed by atoms with Crippen molar-refractivity contribution in [3.63, 3.8) is 0 Å². The molecule has 1 aromatic heterocycles. The summed E-state index contributed by atoms with van der Waals surface area (Å²) in [6, 6.07) is 12.4. The van der Waals surface area contributed by atoms with Crippen LogP contribution in [0.4, 0.5) is 0 Å². The standard InChI is InChI=1S/C23H18O6.C2H6/c1-13(2)22(25)27-16-7-5-15(6-8-16)21-12-19(24)18-11-17(9-10-20(18)29-21)28-23(26)14(3)4;1-2/h5-12H,1,3H2,2,4H3;1-2H3. The van der Waals surface area contributed by atoms with Gasteiger partial charge in [-0.1, -0.05) is 27.0 Å². The number of carbonyl (C=O) groups excluding carboxylic acids is 2. The summed E-state index contributed by atoms with van der Waals surface area (Å²) in [5, 5.41) is 0.285. The van der Waals surface area contributed by atoms with Crippen LogP contribution in [0.1, 0.15) is 27.7 Å². The maximum absolute atomic E-state index is 12.5. The van der Waals surface area contributed by atoms with E-state index >= 15 is 0 Å². The highest BCUT2D eigenvalue weighted by Gasteiger charge is 2.11. The first-order chi connectivity index (χ1) is 14.7. The van der Waals surface area contributed by atoms with Crippen LogP contribution in [-0.2, 0) is 9.59 Å². The van der Waals surface area contributed by atoms with Crippen LogP contribution in [0.15, 0.2) is 82.0 Å². The van der Waals surface area contributed by atoms with Gasteiger partial charge in [-0.3, -0.25) is 4.79 Å². The molecule has 0 N–H and O–H groups in total. The predicted molar refractivity (Wildman–Crippen MR) is 120 cm³/mol. The summed E-state index contributed by atoms with van der Waals surface area (Å²) < 4.78 is 16.1. The fourth-order valence-electron chi connectivity index (χ4n) is 2.42. The van der Waals surface area contributed by atoms with Gasteiger partial charge in [-0.25, -0.2) is 9.59 Å². The zero-order valence-electron chi connectivity index (χ0n) is 18.0. The van der Waals surface area contributed by atoms with Crippen molar-refractivity contribution >= 4 is 22.9 Å². The van der Waals surface area contributed by atoms with Crippen molar-refractivity contribution < 1.29 is 23.5 Å². The quantitative estimate of drug-likeness (QED) is 0.310. The minimum atomic E-state index is -0.571. The maximum atomic E-state index is 12.5. The van der Waals surface area contributed by atoms with E-state index in [0.717, 1.165) is 0 Å². The smallest absolute Gasteiger partial charge is 0.338 e. The number of hydrogen-bond donors (Lipinski definition) is 0. The molecule has 0 aliphatic rings. The Morgan fingerprint density at radius 1 is 0.806 bits per heavy atom. The van der Waals surface area contributed by atoms with E-state index in [1.165, 1.54) is 25.1 Å². The highest BCUT2D eigenvalue weighted by Crippen LogP contribution is 2.26. The molecular weight excluding hydrogens is 396 g/mol. The number of esters is 2. The molecule has 6 heteroatoms. The summed E-state index contributed by atoms with van der Waals surface area (Å²) in [4.78, 5) is 35.8. The van der Waals surface area contributed by atoms with Crippen LogP contribution in [0.25, 0.3) is 22.3 Å². The minimum Gasteiger partial charge on any atom is -0.456 e. The van der Waals surface area contributed by atoms with Gasteiger partial charge < -0.3 is 13.9 Å². The number of rotatable bonds is 5. The molecule has 0 saturated carbocycles. The van der Waals surface area contributed by atoms with Gasteiger partial charge in [-0.15, -0.1) is 0 Å². The van der Waals surface area contributed by atoms with Crippen molar-refractivity contribution in [2.75, 3.05) is 0 Å². The Morgan fingerprint density at radius 2 is 1.32 bits per heavy atom. The van der Waals surface area contributed by atoms with Crippen LogP contribution in [0, 0.1) is 0 Å². The Morgan fingerprint density at radius 3 is 1.87 bits per heavy atom. The first kappa shape index (κ1) is 23.3. The molecule has 0 spiro atoms. The van der Waals surface area contributed by atoms with Crippen molar-refractivity contribution in [1.82, 2.24) is 0 Å². The normalized spacial score (nSPS) is 9.94. The lowest BCUT2D eigenvalue weighted by molar-refractivity contribution is -0.130. The Kier molecular flexibility index (Phi) is 7.69. The molecule has 6 nitrogen and oxygen atoms in total. The second kappa shape index (κ2) is 10.2. The Bertz CT molecular complexity index is 1200. The van der Waals surface area contributed by atoms with E-state index in [9.17, 15) is 14.4 Å². The van der Waals surface area contributed by atoms with Crippen molar-refractivity contribution in [2.24, 2.45) is 0 Å². The first-order valence-corrected chi connectivity index (χ1v) is 9.68. The molecule has 0 amide bonds. The Hall–Kier alpha value is -3.93. The van der Waals surface area contributed by atoms with E-state index in [4.69, 9.17) is 13.9 Å². The molecule has 0 atom stereocenters. The van der Waals surface area contributed by atoms with Crippen LogP contribution in [0.2, 0.25) is 0 Å². The third-order valence-corrected chi connectivity index (χ3v) is 3.96. The largest absolute Gasteiger partial charge is 0.456 e. The summed E-state index contributed by atoms with van der Waals surface area (Å²) in [5.74, 6) is -0.147. The fraction of sp³-hybridized carbons (Fsp3) is 0.160. The molecular formula is C25H24O6. The molecule has 3 rings (SSSR count). The third kappa shape index (κ3) is 5.79. The molecule has 0 aliphatic carbocycles. The van der Waals surface area contributed by atoms with Crippen molar-refractivity contribution in [3.8, 4) is 22.8 Å². The average molecular weight is 420 g/mol. The van der Waals surface area contributed by atoms with Crippen LogP contribution < -0.4 is 14.9 Å². The molecule has 0 radical (unpaired) electrons. The second-order valence-corrected chi connectivity index (χ2v) is 6.50. The number of carbonyl (C=O) groups is 2. The van der Waals surface area contributed by atoms with Gasteiger partial charge in [-0.05, 0) is 56.3 Å². The zero-order valence-corrected chi connectivity index (χ0v) is 18.0. The van der Waals surface area contributed by atoms with Crippen LogP contribution >= 0.6 is 0 Å². The number of hydrogen-bond acceptors (Lipinski definition) is 6. The van der Waals surface area contributed by atoms with E-state index in [0.29, 0.717) is 28.2 Å². The number of benzene rings is 2. The predicted octanol–water partition coefficient (Wildman–Crippen LogP) is 5.45. The average Bonchev–Trinajstić information content (AvgIpc) is 2.75. The van der Waals surface area contributed by atoms with Gasteiger partial charge in [0.2, 0.25) is 0 Å². The van der Waals surface area contributed by atoms with Gasteiger partial charge >= 0.3 is 11.9 Å². The molecule has 0 fully saturated rings. The number of ether oxygens (including phenoxy) is 2. The summed E-state index contributed by atoms with van der Waals surface area (Å²) in [6.07, 6.45) is 0. The molecule has 3 aromatic rings. The van der Waals surface area contributed by atoms with Crippen LogP contribution in [0.3, 0.4) is 0 Å². The van der Waals surface area contributed by atoms with Gasteiger partial charge in [0.05, 0.1) is 5.39 Å². The highest BCUT2D eigenvalue weighted by atomic mass is 16.5. The molecule has 0 unspecified atom stereocenters. The van der Waals surface area contributed by atoms with Gasteiger partial charge in [0.15, 0.2) is 5.43 Å². The van der Waals surface area contributed by atoms with E-state index in [-0.39, 0.29) is 22.1 Å². The van der Waals surface area contributed by atoms with Crippen molar-refractivity contribution in [1.29, 1.82) is 0 Å². The summed E-state index contributed by atoms with van der Waals surface area (Å²) in [5.41, 5.74) is 1.25. The molecule has 0 aliphatic heterocycles. The second-order valence-electron chi connectivity index (χ2n) is 6.50. The molecule has 2 aromatic carbocycles.